The molecule has 0 aliphatic heterocycles. The number of ether oxygens (including phenoxy) is 1. The maximum absolute atomic E-state index is 12.3. The lowest BCUT2D eigenvalue weighted by atomic mass is 10.0. The first-order chi connectivity index (χ1) is 9.42. The average Bonchev–Trinajstić information content (AvgIpc) is 2.44. The molecule has 0 aliphatic rings. The van der Waals surface area contributed by atoms with Gasteiger partial charge >= 0.3 is 5.97 Å². The summed E-state index contributed by atoms with van der Waals surface area (Å²) in [4.78, 5) is 26.0. The molecule has 0 N–H and O–H groups in total. The summed E-state index contributed by atoms with van der Waals surface area (Å²) in [5, 5.41) is 0. The summed E-state index contributed by atoms with van der Waals surface area (Å²) in [7, 11) is 1.34. The van der Waals surface area contributed by atoms with Gasteiger partial charge in [-0.15, -0.1) is 0 Å². The van der Waals surface area contributed by atoms with Crippen LogP contribution in [-0.4, -0.2) is 30.4 Å². The lowest BCUT2D eigenvalue weighted by Crippen LogP contribution is -2.41. The van der Waals surface area contributed by atoms with E-state index < -0.39 is 12.0 Å². The molecule has 0 radical (unpaired) electrons. The molecular formula is C16H23NO3. The molecule has 4 heteroatoms. The number of benzene rings is 1. The van der Waals surface area contributed by atoms with Crippen molar-refractivity contribution in [3.05, 3.63) is 35.4 Å². The number of nitrogens with zero attached hydrogens (tertiary/aromatic N) is 1. The number of hydrogen-bond acceptors (Lipinski definition) is 3. The third-order valence-corrected chi connectivity index (χ3v) is 3.25. The fourth-order valence-electron chi connectivity index (χ4n) is 2.10. The van der Waals surface area contributed by atoms with E-state index in [2.05, 4.69) is 0 Å². The predicted molar refractivity (Wildman–Crippen MR) is 78.2 cm³/mol. The third-order valence-electron chi connectivity index (χ3n) is 3.25. The Kier molecular flexibility index (Phi) is 5.74. The van der Waals surface area contributed by atoms with Crippen LogP contribution in [0.25, 0.3) is 0 Å². The molecule has 0 heterocycles. The van der Waals surface area contributed by atoms with Gasteiger partial charge in [0, 0.05) is 12.5 Å². The van der Waals surface area contributed by atoms with Gasteiger partial charge in [0.25, 0.3) is 0 Å². The molecule has 1 atom stereocenters. The monoisotopic (exact) mass is 277 g/mol. The fourth-order valence-corrected chi connectivity index (χ4v) is 2.10. The van der Waals surface area contributed by atoms with Crippen LogP contribution in [0.2, 0.25) is 0 Å². The van der Waals surface area contributed by atoms with Gasteiger partial charge < -0.3 is 9.64 Å². The molecule has 4 nitrogen and oxygen atoms in total. The molecule has 0 fully saturated rings. The lowest BCUT2D eigenvalue weighted by molar-refractivity contribution is -0.154. The molecule has 20 heavy (non-hydrogen) atoms. The molecule has 0 spiro atoms. The normalized spacial score (nSPS) is 12.1. The Morgan fingerprint density at radius 2 is 1.75 bits per heavy atom. The first-order valence-electron chi connectivity index (χ1n) is 6.87. The van der Waals surface area contributed by atoms with Crippen molar-refractivity contribution in [2.45, 2.75) is 33.7 Å². The molecule has 110 valence electrons. The molecule has 1 unspecified atom stereocenters. The zero-order valence-corrected chi connectivity index (χ0v) is 12.8. The summed E-state index contributed by atoms with van der Waals surface area (Å²) < 4.78 is 4.88. The van der Waals surface area contributed by atoms with E-state index in [0.717, 1.165) is 11.1 Å². The van der Waals surface area contributed by atoms with Crippen LogP contribution < -0.4 is 0 Å². The van der Waals surface area contributed by atoms with Gasteiger partial charge in [-0.05, 0) is 19.4 Å². The summed E-state index contributed by atoms with van der Waals surface area (Å²) in [5.41, 5.74) is 1.88. The van der Waals surface area contributed by atoms with Gasteiger partial charge in [0.15, 0.2) is 6.04 Å². The van der Waals surface area contributed by atoms with E-state index in [1.54, 1.807) is 4.90 Å². The van der Waals surface area contributed by atoms with Gasteiger partial charge in [0.1, 0.15) is 0 Å². The highest BCUT2D eigenvalue weighted by Crippen LogP contribution is 2.24. The largest absolute Gasteiger partial charge is 0.467 e. The van der Waals surface area contributed by atoms with E-state index in [1.165, 1.54) is 7.11 Å². The van der Waals surface area contributed by atoms with Crippen molar-refractivity contribution >= 4 is 11.9 Å². The van der Waals surface area contributed by atoms with E-state index in [-0.39, 0.29) is 11.8 Å². The Labute approximate surface area is 120 Å². The minimum absolute atomic E-state index is 0.0523. The fraction of sp³-hybridized carbons (Fsp3) is 0.500. The molecule has 0 aliphatic carbocycles. The van der Waals surface area contributed by atoms with Crippen LogP contribution in [0.4, 0.5) is 0 Å². The molecule has 0 bridgehead atoms. The minimum Gasteiger partial charge on any atom is -0.467 e. The van der Waals surface area contributed by atoms with Crippen molar-refractivity contribution < 1.29 is 14.3 Å². The smallest absolute Gasteiger partial charge is 0.333 e. The molecule has 0 saturated heterocycles. The van der Waals surface area contributed by atoms with Crippen molar-refractivity contribution in [1.82, 2.24) is 4.90 Å². The van der Waals surface area contributed by atoms with Crippen LogP contribution in [0.1, 0.15) is 37.9 Å². The Morgan fingerprint density at radius 3 is 2.15 bits per heavy atom. The number of esters is 1. The second kappa shape index (κ2) is 7.08. The van der Waals surface area contributed by atoms with Crippen molar-refractivity contribution in [2.75, 3.05) is 13.7 Å². The Hall–Kier alpha value is -1.84. The van der Waals surface area contributed by atoms with Crippen LogP contribution in [-0.2, 0) is 14.3 Å². The minimum atomic E-state index is -0.680. The highest BCUT2D eigenvalue weighted by molar-refractivity contribution is 5.86. The summed E-state index contributed by atoms with van der Waals surface area (Å²) >= 11 is 0. The zero-order valence-electron chi connectivity index (χ0n) is 12.8. The van der Waals surface area contributed by atoms with E-state index in [9.17, 15) is 9.59 Å². The molecule has 1 aromatic carbocycles. The first kappa shape index (κ1) is 16.2. The van der Waals surface area contributed by atoms with E-state index in [4.69, 9.17) is 4.74 Å². The van der Waals surface area contributed by atoms with E-state index >= 15 is 0 Å². The highest BCUT2D eigenvalue weighted by Gasteiger charge is 2.32. The summed E-state index contributed by atoms with van der Waals surface area (Å²) in [5.74, 6) is -0.624. The number of aryl methyl sites for hydroxylation is 1. The Morgan fingerprint density at radius 1 is 1.20 bits per heavy atom. The second-order valence-corrected chi connectivity index (χ2v) is 5.12. The molecule has 0 saturated carbocycles. The van der Waals surface area contributed by atoms with Gasteiger partial charge in [0.2, 0.25) is 5.91 Å². The van der Waals surface area contributed by atoms with Crippen molar-refractivity contribution in [3.63, 3.8) is 0 Å². The van der Waals surface area contributed by atoms with E-state index in [1.807, 2.05) is 52.0 Å². The Balaban J connectivity index is 3.20. The second-order valence-electron chi connectivity index (χ2n) is 5.12. The quantitative estimate of drug-likeness (QED) is 0.777. The SMILES string of the molecule is CCN(C(=O)C(C)C)C(C(=O)OC)c1ccc(C)cc1. The molecule has 1 aromatic rings. The molecular weight excluding hydrogens is 254 g/mol. The van der Waals surface area contributed by atoms with Gasteiger partial charge in [-0.3, -0.25) is 4.79 Å². The van der Waals surface area contributed by atoms with Crippen molar-refractivity contribution in [1.29, 1.82) is 0 Å². The van der Waals surface area contributed by atoms with Crippen LogP contribution in [0.15, 0.2) is 24.3 Å². The maximum atomic E-state index is 12.3. The van der Waals surface area contributed by atoms with E-state index in [0.29, 0.717) is 6.54 Å². The van der Waals surface area contributed by atoms with Crippen LogP contribution in [0.3, 0.4) is 0 Å². The molecule has 1 rings (SSSR count). The number of amides is 1. The summed E-state index contributed by atoms with van der Waals surface area (Å²) in [6, 6.07) is 6.92. The van der Waals surface area contributed by atoms with Crippen LogP contribution in [0, 0.1) is 12.8 Å². The number of methoxy groups -OCH3 is 1. The number of carbonyl (C=O) groups is 2. The number of likely N-dealkylation sites (N-methyl/N-ethyl adjacent to an activating group) is 1. The highest BCUT2D eigenvalue weighted by atomic mass is 16.5. The third kappa shape index (κ3) is 3.59. The molecule has 0 aromatic heterocycles. The van der Waals surface area contributed by atoms with Gasteiger partial charge in [0.05, 0.1) is 7.11 Å². The van der Waals surface area contributed by atoms with Gasteiger partial charge in [-0.2, -0.15) is 0 Å². The summed E-state index contributed by atoms with van der Waals surface area (Å²) in [6.07, 6.45) is 0. The first-order valence-corrected chi connectivity index (χ1v) is 6.87. The zero-order chi connectivity index (χ0) is 15.3. The van der Waals surface area contributed by atoms with Crippen LogP contribution in [0.5, 0.6) is 0 Å². The Bertz CT molecular complexity index is 465. The topological polar surface area (TPSA) is 46.6 Å². The van der Waals surface area contributed by atoms with Gasteiger partial charge in [-0.1, -0.05) is 43.7 Å². The number of hydrogen-bond donors (Lipinski definition) is 0. The van der Waals surface area contributed by atoms with Crippen LogP contribution >= 0.6 is 0 Å². The lowest BCUT2D eigenvalue weighted by Gasteiger charge is -2.30. The summed E-state index contributed by atoms with van der Waals surface area (Å²) in [6.45, 7) is 7.96. The van der Waals surface area contributed by atoms with Crippen molar-refractivity contribution in [3.8, 4) is 0 Å². The van der Waals surface area contributed by atoms with Crippen molar-refractivity contribution in [2.24, 2.45) is 5.92 Å². The molecule has 1 amide bonds. The number of carbonyl (C=O) groups excluding carboxylic acids is 2. The average molecular weight is 277 g/mol. The standard InChI is InChI=1S/C16H23NO3/c1-6-17(15(18)11(2)3)14(16(19)20-5)13-9-7-12(4)8-10-13/h7-11,14H,6H2,1-5H3. The number of rotatable bonds is 5. The predicted octanol–water partition coefficient (Wildman–Crippen LogP) is 2.71. The van der Waals surface area contributed by atoms with Gasteiger partial charge in [-0.25, -0.2) is 4.79 Å². The maximum Gasteiger partial charge on any atom is 0.333 e.